The van der Waals surface area contributed by atoms with Crippen LogP contribution in [0.25, 0.3) is 0 Å². The zero-order valence-electron chi connectivity index (χ0n) is 7.49. The summed E-state index contributed by atoms with van der Waals surface area (Å²) in [4.78, 5) is 21.1. The molecule has 1 rings (SSSR count). The van der Waals surface area contributed by atoms with E-state index in [-0.39, 0.29) is 20.7 Å². The van der Waals surface area contributed by atoms with Crippen LogP contribution in [0.2, 0.25) is 5.02 Å². The van der Waals surface area contributed by atoms with Gasteiger partial charge in [0.1, 0.15) is 0 Å². The number of nitrogens with zero attached hydrogens (tertiary/aromatic N) is 1. The fourth-order valence-electron chi connectivity index (χ4n) is 0.939. The first-order chi connectivity index (χ1) is 6.97. The van der Waals surface area contributed by atoms with Crippen molar-refractivity contribution in [3.05, 3.63) is 37.3 Å². The molecule has 1 aromatic carbocycles. The number of hydrogen-bond donors (Lipinski definition) is 0. The Hall–Kier alpha value is -1.14. The maximum Gasteiger partial charge on any atom is 0.339 e. The molecule has 0 heterocycles. The van der Waals surface area contributed by atoms with Gasteiger partial charge in [0.2, 0.25) is 0 Å². The molecule has 0 aromatic heterocycles. The fraction of sp³-hybridized carbons (Fsp3) is 0.125. The molecule has 0 fully saturated rings. The molecular formula is C8H5BrClNO4. The van der Waals surface area contributed by atoms with Gasteiger partial charge in [0.15, 0.2) is 0 Å². The highest BCUT2D eigenvalue weighted by molar-refractivity contribution is 9.10. The summed E-state index contributed by atoms with van der Waals surface area (Å²) < 4.78 is 4.74. The molecule has 1 aromatic rings. The Kier molecular flexibility index (Phi) is 3.65. The van der Waals surface area contributed by atoms with Gasteiger partial charge in [-0.25, -0.2) is 4.79 Å². The zero-order valence-corrected chi connectivity index (χ0v) is 9.83. The second-order valence-electron chi connectivity index (χ2n) is 2.54. The highest BCUT2D eigenvalue weighted by atomic mass is 79.9. The topological polar surface area (TPSA) is 69.4 Å². The summed E-state index contributed by atoms with van der Waals surface area (Å²) in [5, 5.41) is 10.6. The number of carbonyl (C=O) groups excluding carboxylic acids is 1. The van der Waals surface area contributed by atoms with E-state index in [2.05, 4.69) is 20.7 Å². The summed E-state index contributed by atoms with van der Waals surface area (Å²) in [6.07, 6.45) is 0. The van der Waals surface area contributed by atoms with Gasteiger partial charge in [0.05, 0.1) is 27.1 Å². The predicted octanol–water partition coefficient (Wildman–Crippen LogP) is 2.80. The number of benzene rings is 1. The third-order valence-corrected chi connectivity index (χ3v) is 3.01. The lowest BCUT2D eigenvalue weighted by Crippen LogP contribution is -2.03. The van der Waals surface area contributed by atoms with Gasteiger partial charge in [-0.05, 0) is 15.9 Å². The van der Waals surface area contributed by atoms with Gasteiger partial charge in [0, 0.05) is 12.1 Å². The molecule has 0 N–H and O–H groups in total. The molecule has 0 aliphatic carbocycles. The van der Waals surface area contributed by atoms with E-state index >= 15 is 0 Å². The van der Waals surface area contributed by atoms with Gasteiger partial charge < -0.3 is 4.74 Å². The average molecular weight is 294 g/mol. The van der Waals surface area contributed by atoms with Crippen LogP contribution in [0.1, 0.15) is 10.4 Å². The van der Waals surface area contributed by atoms with Crippen molar-refractivity contribution in [3.8, 4) is 0 Å². The number of halogens is 2. The van der Waals surface area contributed by atoms with Crippen molar-refractivity contribution in [2.75, 3.05) is 7.11 Å². The van der Waals surface area contributed by atoms with Gasteiger partial charge in [-0.1, -0.05) is 11.6 Å². The zero-order chi connectivity index (χ0) is 11.6. The van der Waals surface area contributed by atoms with Crippen LogP contribution in [0.15, 0.2) is 16.6 Å². The third kappa shape index (κ3) is 2.45. The van der Waals surface area contributed by atoms with Crippen LogP contribution in [0.3, 0.4) is 0 Å². The molecule has 7 heteroatoms. The van der Waals surface area contributed by atoms with Crippen LogP contribution in [-0.2, 0) is 4.74 Å². The number of carbonyl (C=O) groups is 1. The molecule has 0 spiro atoms. The normalized spacial score (nSPS) is 9.80. The molecule has 0 bridgehead atoms. The molecule has 0 radical (unpaired) electrons. The summed E-state index contributed by atoms with van der Waals surface area (Å²) in [6.45, 7) is 0. The maximum atomic E-state index is 11.2. The lowest BCUT2D eigenvalue weighted by Gasteiger charge is -2.03. The Bertz CT molecular complexity index is 435. The van der Waals surface area contributed by atoms with Gasteiger partial charge >= 0.3 is 5.97 Å². The first kappa shape index (κ1) is 11.9. The Balaban J connectivity index is 3.37. The number of hydrogen-bond acceptors (Lipinski definition) is 4. The van der Waals surface area contributed by atoms with E-state index < -0.39 is 10.9 Å². The highest BCUT2D eigenvalue weighted by Crippen LogP contribution is 2.31. The maximum absolute atomic E-state index is 11.2. The van der Waals surface area contributed by atoms with E-state index in [0.717, 1.165) is 12.1 Å². The molecule has 0 unspecified atom stereocenters. The number of nitro benzene ring substituents is 1. The first-order valence-corrected chi connectivity index (χ1v) is 4.86. The number of rotatable bonds is 2. The van der Waals surface area contributed by atoms with E-state index in [1.807, 2.05) is 0 Å². The second-order valence-corrected chi connectivity index (χ2v) is 3.74. The Labute approximate surface area is 98.3 Å². The summed E-state index contributed by atoms with van der Waals surface area (Å²) in [7, 11) is 1.18. The van der Waals surface area contributed by atoms with E-state index in [0.29, 0.717) is 0 Å². The van der Waals surface area contributed by atoms with Crippen LogP contribution in [0.4, 0.5) is 5.69 Å². The molecule has 0 atom stereocenters. The minimum absolute atomic E-state index is 0.0247. The molecule has 0 saturated carbocycles. The number of nitro groups is 1. The number of non-ortho nitro benzene ring substituents is 1. The molecule has 0 amide bonds. The number of ether oxygens (including phenoxy) is 1. The molecular weight excluding hydrogens is 289 g/mol. The minimum atomic E-state index is -0.688. The predicted molar refractivity (Wildman–Crippen MR) is 57.1 cm³/mol. The van der Waals surface area contributed by atoms with Crippen molar-refractivity contribution in [2.45, 2.75) is 0 Å². The molecule has 80 valence electrons. The number of methoxy groups -OCH3 is 1. The van der Waals surface area contributed by atoms with Crippen LogP contribution in [0, 0.1) is 10.1 Å². The van der Waals surface area contributed by atoms with E-state index in [9.17, 15) is 14.9 Å². The summed E-state index contributed by atoms with van der Waals surface area (Å²) in [6, 6.07) is 2.25. The van der Waals surface area contributed by atoms with Crippen molar-refractivity contribution in [2.24, 2.45) is 0 Å². The highest BCUT2D eigenvalue weighted by Gasteiger charge is 2.19. The molecule has 0 aliphatic heterocycles. The summed E-state index contributed by atoms with van der Waals surface area (Å²) in [5.74, 6) is -0.688. The Morgan fingerprint density at radius 3 is 2.67 bits per heavy atom. The quantitative estimate of drug-likeness (QED) is 0.478. The van der Waals surface area contributed by atoms with E-state index in [1.165, 1.54) is 7.11 Å². The van der Waals surface area contributed by atoms with Gasteiger partial charge in [-0.3, -0.25) is 10.1 Å². The Morgan fingerprint density at radius 2 is 2.20 bits per heavy atom. The average Bonchev–Trinajstić information content (AvgIpc) is 2.20. The van der Waals surface area contributed by atoms with Gasteiger partial charge in [-0.15, -0.1) is 0 Å². The third-order valence-electron chi connectivity index (χ3n) is 1.63. The second kappa shape index (κ2) is 4.59. The Morgan fingerprint density at radius 1 is 1.60 bits per heavy atom. The minimum Gasteiger partial charge on any atom is -0.465 e. The van der Waals surface area contributed by atoms with Crippen LogP contribution in [-0.4, -0.2) is 18.0 Å². The smallest absolute Gasteiger partial charge is 0.339 e. The van der Waals surface area contributed by atoms with Crippen molar-refractivity contribution in [3.63, 3.8) is 0 Å². The molecule has 15 heavy (non-hydrogen) atoms. The fourth-order valence-corrected chi connectivity index (χ4v) is 1.54. The molecule has 0 saturated heterocycles. The number of esters is 1. The largest absolute Gasteiger partial charge is 0.465 e. The standard InChI is InChI=1S/C8H5BrClNO4/c1-15-8(12)5-2-4(11(13)14)3-6(10)7(5)9/h2-3H,1H3. The monoisotopic (exact) mass is 293 g/mol. The lowest BCUT2D eigenvalue weighted by atomic mass is 10.2. The van der Waals surface area contributed by atoms with E-state index in [1.54, 1.807) is 0 Å². The van der Waals surface area contributed by atoms with Crippen LogP contribution in [0.5, 0.6) is 0 Å². The SMILES string of the molecule is COC(=O)c1cc([N+](=O)[O-])cc(Cl)c1Br. The van der Waals surface area contributed by atoms with Gasteiger partial charge in [-0.2, -0.15) is 0 Å². The van der Waals surface area contributed by atoms with Crippen molar-refractivity contribution in [1.82, 2.24) is 0 Å². The van der Waals surface area contributed by atoms with Crippen molar-refractivity contribution < 1.29 is 14.5 Å². The van der Waals surface area contributed by atoms with Crippen LogP contribution < -0.4 is 0 Å². The summed E-state index contributed by atoms with van der Waals surface area (Å²) >= 11 is 8.75. The summed E-state index contributed by atoms with van der Waals surface area (Å²) in [5.41, 5.74) is -0.236. The van der Waals surface area contributed by atoms with Crippen molar-refractivity contribution in [1.29, 1.82) is 0 Å². The van der Waals surface area contributed by atoms with E-state index in [4.69, 9.17) is 11.6 Å². The van der Waals surface area contributed by atoms with Crippen molar-refractivity contribution >= 4 is 39.2 Å². The first-order valence-electron chi connectivity index (χ1n) is 3.69. The molecule has 5 nitrogen and oxygen atoms in total. The molecule has 0 aliphatic rings. The van der Waals surface area contributed by atoms with Gasteiger partial charge in [0.25, 0.3) is 5.69 Å². The van der Waals surface area contributed by atoms with Crippen LogP contribution >= 0.6 is 27.5 Å². The lowest BCUT2D eigenvalue weighted by molar-refractivity contribution is -0.384.